The topological polar surface area (TPSA) is 78.9 Å². The van der Waals surface area contributed by atoms with Crippen LogP contribution in [0.15, 0.2) is 0 Å². The molecular formula is C52H100O6. The predicted octanol–water partition coefficient (Wildman–Crippen LogP) is 16.5. The molecule has 58 heavy (non-hydrogen) atoms. The van der Waals surface area contributed by atoms with E-state index in [1.165, 1.54) is 173 Å². The van der Waals surface area contributed by atoms with Crippen molar-refractivity contribution < 1.29 is 28.6 Å². The zero-order valence-corrected chi connectivity index (χ0v) is 39.7. The van der Waals surface area contributed by atoms with Gasteiger partial charge >= 0.3 is 17.9 Å². The summed E-state index contributed by atoms with van der Waals surface area (Å²) in [7, 11) is 0. The molecule has 0 amide bonds. The minimum atomic E-state index is -0.760. The average Bonchev–Trinajstić information content (AvgIpc) is 3.21. The van der Waals surface area contributed by atoms with E-state index >= 15 is 0 Å². The van der Waals surface area contributed by atoms with Crippen LogP contribution in [0.2, 0.25) is 0 Å². The summed E-state index contributed by atoms with van der Waals surface area (Å²) in [5.41, 5.74) is 0. The molecule has 0 saturated heterocycles. The molecule has 0 aliphatic rings. The van der Waals surface area contributed by atoms with Gasteiger partial charge in [-0.25, -0.2) is 0 Å². The van der Waals surface area contributed by atoms with Crippen LogP contribution in [0.4, 0.5) is 0 Å². The quantitative estimate of drug-likeness (QED) is 0.0346. The highest BCUT2D eigenvalue weighted by Crippen LogP contribution is 2.18. The number of ether oxygens (including phenoxy) is 3. The molecule has 344 valence electrons. The average molecular weight is 821 g/mol. The molecule has 0 fully saturated rings. The summed E-state index contributed by atoms with van der Waals surface area (Å²) in [5.74, 6) is 0.845. The van der Waals surface area contributed by atoms with Crippen LogP contribution in [-0.4, -0.2) is 37.2 Å². The van der Waals surface area contributed by atoms with E-state index < -0.39 is 6.10 Å². The van der Waals surface area contributed by atoms with Crippen LogP contribution < -0.4 is 0 Å². The van der Waals surface area contributed by atoms with E-state index in [9.17, 15) is 14.4 Å². The molecule has 0 N–H and O–H groups in total. The van der Waals surface area contributed by atoms with Gasteiger partial charge in [0.25, 0.3) is 0 Å². The fourth-order valence-electron chi connectivity index (χ4n) is 7.78. The van der Waals surface area contributed by atoms with E-state index in [1.807, 2.05) is 0 Å². The Hall–Kier alpha value is -1.59. The summed E-state index contributed by atoms with van der Waals surface area (Å²) in [5, 5.41) is 0. The van der Waals surface area contributed by atoms with E-state index in [1.54, 1.807) is 0 Å². The van der Waals surface area contributed by atoms with E-state index in [2.05, 4.69) is 34.6 Å². The Balaban J connectivity index is 4.10. The third kappa shape index (κ3) is 44.0. The number of unbranched alkanes of at least 4 members (excludes halogenated alkanes) is 30. The summed E-state index contributed by atoms with van der Waals surface area (Å²) in [6.07, 6.45) is 45.4. The summed E-state index contributed by atoms with van der Waals surface area (Å²) < 4.78 is 16.7. The van der Waals surface area contributed by atoms with Gasteiger partial charge in [0.15, 0.2) is 6.10 Å². The van der Waals surface area contributed by atoms with Crippen molar-refractivity contribution in [1.82, 2.24) is 0 Å². The zero-order valence-electron chi connectivity index (χ0n) is 39.7. The van der Waals surface area contributed by atoms with Crippen molar-refractivity contribution in [2.75, 3.05) is 13.2 Å². The standard InChI is InChI=1S/C52H100O6/c1-6-8-9-10-25-32-37-42-50(53)56-45-49(58-52(55)44-39-34-29-24-23-26-30-35-40-47(3)4)46-57-51(54)43-38-33-28-22-20-18-16-14-12-11-13-15-17-19-21-27-31-36-41-48(5)7-2/h47-49H,6-46H2,1-5H3/t48?,49-/m0/s1. The molecule has 6 heteroatoms. The van der Waals surface area contributed by atoms with Gasteiger partial charge in [0, 0.05) is 19.3 Å². The molecule has 0 spiro atoms. The molecule has 0 aliphatic carbocycles. The first kappa shape index (κ1) is 56.4. The van der Waals surface area contributed by atoms with Crippen LogP contribution >= 0.6 is 0 Å². The maximum absolute atomic E-state index is 12.7. The third-order valence-corrected chi connectivity index (χ3v) is 12.1. The Bertz CT molecular complexity index is 887. The monoisotopic (exact) mass is 821 g/mol. The fraction of sp³-hybridized carbons (Fsp3) is 0.942. The van der Waals surface area contributed by atoms with Gasteiger partial charge in [0.1, 0.15) is 13.2 Å². The molecule has 6 nitrogen and oxygen atoms in total. The van der Waals surface area contributed by atoms with Gasteiger partial charge in [0.2, 0.25) is 0 Å². The minimum Gasteiger partial charge on any atom is -0.462 e. The molecule has 2 atom stereocenters. The first-order valence-corrected chi connectivity index (χ1v) is 25.8. The van der Waals surface area contributed by atoms with Crippen molar-refractivity contribution in [2.24, 2.45) is 11.8 Å². The summed E-state index contributed by atoms with van der Waals surface area (Å²) >= 11 is 0. The maximum atomic E-state index is 12.7. The molecular weight excluding hydrogens is 721 g/mol. The van der Waals surface area contributed by atoms with Crippen molar-refractivity contribution in [3.63, 3.8) is 0 Å². The second kappa shape index (κ2) is 44.9. The maximum Gasteiger partial charge on any atom is 0.306 e. The van der Waals surface area contributed by atoms with E-state index in [-0.39, 0.29) is 31.1 Å². The summed E-state index contributed by atoms with van der Waals surface area (Å²) in [6, 6.07) is 0. The Morgan fingerprint density at radius 3 is 0.983 bits per heavy atom. The SMILES string of the molecule is CCCCCCCCCC(=O)OC[C@@H](COC(=O)CCCCCCCCCCCCCCCCCCCCC(C)CC)OC(=O)CCCCCCCCCCC(C)C. The Kier molecular flexibility index (Phi) is 43.7. The number of hydrogen-bond donors (Lipinski definition) is 0. The number of carbonyl (C=O) groups is 3. The lowest BCUT2D eigenvalue weighted by Crippen LogP contribution is -2.30. The number of rotatable bonds is 46. The third-order valence-electron chi connectivity index (χ3n) is 12.1. The lowest BCUT2D eigenvalue weighted by atomic mass is 9.99. The molecule has 0 rings (SSSR count). The van der Waals surface area contributed by atoms with Gasteiger partial charge in [-0.3, -0.25) is 14.4 Å². The predicted molar refractivity (Wildman–Crippen MR) is 247 cm³/mol. The Morgan fingerprint density at radius 2 is 0.655 bits per heavy atom. The molecule has 0 heterocycles. The van der Waals surface area contributed by atoms with Crippen molar-refractivity contribution in [3.05, 3.63) is 0 Å². The van der Waals surface area contributed by atoms with Gasteiger partial charge in [-0.1, -0.05) is 247 Å². The van der Waals surface area contributed by atoms with Crippen molar-refractivity contribution in [1.29, 1.82) is 0 Å². The van der Waals surface area contributed by atoms with E-state index in [4.69, 9.17) is 14.2 Å². The number of hydrogen-bond acceptors (Lipinski definition) is 6. The molecule has 0 aliphatic heterocycles. The van der Waals surface area contributed by atoms with Gasteiger partial charge < -0.3 is 14.2 Å². The van der Waals surface area contributed by atoms with Crippen LogP contribution in [0.25, 0.3) is 0 Å². The Labute approximate surface area is 361 Å². The largest absolute Gasteiger partial charge is 0.462 e. The molecule has 0 aromatic rings. The van der Waals surface area contributed by atoms with Crippen LogP contribution in [0.3, 0.4) is 0 Å². The Morgan fingerprint density at radius 1 is 0.362 bits per heavy atom. The van der Waals surface area contributed by atoms with Gasteiger partial charge in [0.05, 0.1) is 0 Å². The number of carbonyl (C=O) groups excluding carboxylic acids is 3. The van der Waals surface area contributed by atoms with Crippen LogP contribution in [0.5, 0.6) is 0 Å². The summed E-state index contributed by atoms with van der Waals surface area (Å²) in [6.45, 7) is 11.3. The zero-order chi connectivity index (χ0) is 42.6. The molecule has 0 bridgehead atoms. The molecule has 0 aromatic heterocycles. The first-order valence-electron chi connectivity index (χ1n) is 25.8. The van der Waals surface area contributed by atoms with Gasteiger partial charge in [-0.2, -0.15) is 0 Å². The van der Waals surface area contributed by atoms with E-state index in [0.717, 1.165) is 69.6 Å². The first-order chi connectivity index (χ1) is 28.3. The lowest BCUT2D eigenvalue weighted by Gasteiger charge is -2.18. The fourth-order valence-corrected chi connectivity index (χ4v) is 7.78. The summed E-state index contributed by atoms with van der Waals surface area (Å²) in [4.78, 5) is 37.7. The van der Waals surface area contributed by atoms with Crippen LogP contribution in [-0.2, 0) is 28.6 Å². The smallest absolute Gasteiger partial charge is 0.306 e. The van der Waals surface area contributed by atoms with Crippen molar-refractivity contribution in [2.45, 2.75) is 291 Å². The molecule has 0 radical (unpaired) electrons. The highest BCUT2D eigenvalue weighted by molar-refractivity contribution is 5.71. The van der Waals surface area contributed by atoms with Crippen LogP contribution in [0, 0.1) is 11.8 Å². The van der Waals surface area contributed by atoms with Gasteiger partial charge in [-0.05, 0) is 31.1 Å². The van der Waals surface area contributed by atoms with Gasteiger partial charge in [-0.15, -0.1) is 0 Å². The minimum absolute atomic E-state index is 0.0647. The number of esters is 3. The highest BCUT2D eigenvalue weighted by Gasteiger charge is 2.19. The highest BCUT2D eigenvalue weighted by atomic mass is 16.6. The van der Waals surface area contributed by atoms with Crippen molar-refractivity contribution >= 4 is 17.9 Å². The van der Waals surface area contributed by atoms with Crippen molar-refractivity contribution in [3.8, 4) is 0 Å². The van der Waals surface area contributed by atoms with Crippen LogP contribution in [0.1, 0.15) is 285 Å². The lowest BCUT2D eigenvalue weighted by molar-refractivity contribution is -0.167. The van der Waals surface area contributed by atoms with E-state index in [0.29, 0.717) is 19.3 Å². The molecule has 0 aromatic carbocycles. The molecule has 1 unspecified atom stereocenters. The molecule has 0 saturated carbocycles. The second-order valence-corrected chi connectivity index (χ2v) is 18.5. The second-order valence-electron chi connectivity index (χ2n) is 18.5. The normalized spacial score (nSPS) is 12.5.